The number of aromatic nitrogens is 3. The maximum Gasteiger partial charge on any atom is 0.321 e. The molecule has 0 saturated heterocycles. The van der Waals surface area contributed by atoms with Gasteiger partial charge in [0.15, 0.2) is 5.13 Å². The number of thiazole rings is 1. The van der Waals surface area contributed by atoms with E-state index in [4.69, 9.17) is 0 Å². The average Bonchev–Trinajstić information content (AvgIpc) is 3.29. The number of nitrogens with one attached hydrogen (secondary N) is 2. The molecule has 1 aromatic carbocycles. The lowest BCUT2D eigenvalue weighted by Crippen LogP contribution is -2.36. The van der Waals surface area contributed by atoms with Crippen molar-refractivity contribution in [2.45, 2.75) is 32.9 Å². The predicted molar refractivity (Wildman–Crippen MR) is 116 cm³/mol. The van der Waals surface area contributed by atoms with Crippen molar-refractivity contribution in [2.75, 3.05) is 11.9 Å². The Bertz CT molecular complexity index is 1070. The van der Waals surface area contributed by atoms with Crippen molar-refractivity contribution in [3.05, 3.63) is 52.7 Å². The smallest absolute Gasteiger partial charge is 0.321 e. The summed E-state index contributed by atoms with van der Waals surface area (Å²) in [6.45, 7) is 4.86. The molecule has 156 valence electrons. The van der Waals surface area contributed by atoms with Crippen LogP contribution in [-0.2, 0) is 20.0 Å². The molecule has 1 aliphatic heterocycles. The van der Waals surface area contributed by atoms with Gasteiger partial charge in [0.05, 0.1) is 17.9 Å². The third-order valence-electron chi connectivity index (χ3n) is 4.83. The van der Waals surface area contributed by atoms with Gasteiger partial charge in [-0.05, 0) is 19.9 Å². The van der Waals surface area contributed by atoms with E-state index in [1.165, 1.54) is 11.3 Å². The van der Waals surface area contributed by atoms with Crippen LogP contribution in [0.3, 0.4) is 0 Å². The minimum absolute atomic E-state index is 0.0485. The van der Waals surface area contributed by atoms with Crippen LogP contribution >= 0.6 is 11.3 Å². The SMILES string of the molecule is CC(C)NC(=O)Nc1nc2c(s1)CN(C(=O)c1cc(-c3ccccc3)nn1C)CC2. The molecule has 4 rings (SSSR count). The van der Waals surface area contributed by atoms with E-state index in [1.54, 1.807) is 11.7 Å². The zero-order valence-corrected chi connectivity index (χ0v) is 18.0. The number of aryl methyl sites for hydroxylation is 1. The third kappa shape index (κ3) is 4.20. The summed E-state index contributed by atoms with van der Waals surface area (Å²) in [6.07, 6.45) is 0.661. The number of carbonyl (C=O) groups is 2. The summed E-state index contributed by atoms with van der Waals surface area (Å²) in [5.41, 5.74) is 3.25. The molecular weight excluding hydrogens is 400 g/mol. The maximum absolute atomic E-state index is 13.2. The first-order chi connectivity index (χ1) is 14.4. The Labute approximate surface area is 178 Å². The van der Waals surface area contributed by atoms with Crippen molar-refractivity contribution in [3.8, 4) is 11.3 Å². The zero-order valence-electron chi connectivity index (χ0n) is 17.2. The van der Waals surface area contributed by atoms with E-state index in [-0.39, 0.29) is 18.0 Å². The molecule has 0 unspecified atom stereocenters. The fourth-order valence-electron chi connectivity index (χ4n) is 3.40. The highest BCUT2D eigenvalue weighted by atomic mass is 32.1. The van der Waals surface area contributed by atoms with Gasteiger partial charge < -0.3 is 10.2 Å². The Morgan fingerprint density at radius 3 is 2.70 bits per heavy atom. The normalized spacial score (nSPS) is 13.3. The molecule has 2 aromatic heterocycles. The lowest BCUT2D eigenvalue weighted by Gasteiger charge is -2.25. The Kier molecular flexibility index (Phi) is 5.54. The third-order valence-corrected chi connectivity index (χ3v) is 5.82. The number of hydrogen-bond acceptors (Lipinski definition) is 5. The molecule has 0 aliphatic carbocycles. The van der Waals surface area contributed by atoms with Crippen LogP contribution < -0.4 is 10.6 Å². The van der Waals surface area contributed by atoms with Crippen LogP contribution in [0.2, 0.25) is 0 Å². The van der Waals surface area contributed by atoms with E-state index < -0.39 is 0 Å². The van der Waals surface area contributed by atoms with Crippen LogP contribution in [0.15, 0.2) is 36.4 Å². The summed E-state index contributed by atoms with van der Waals surface area (Å²) >= 11 is 1.41. The molecule has 3 amide bonds. The zero-order chi connectivity index (χ0) is 21.3. The first kappa shape index (κ1) is 20.1. The van der Waals surface area contributed by atoms with Crippen molar-refractivity contribution < 1.29 is 9.59 Å². The Balaban J connectivity index is 1.48. The molecule has 3 heterocycles. The molecule has 0 atom stereocenters. The number of fused-ring (bicyclic) bond motifs is 1. The van der Waals surface area contributed by atoms with Crippen molar-refractivity contribution in [1.29, 1.82) is 0 Å². The second kappa shape index (κ2) is 8.27. The van der Waals surface area contributed by atoms with Gasteiger partial charge in [-0.25, -0.2) is 9.78 Å². The number of carbonyl (C=O) groups excluding carboxylic acids is 2. The van der Waals surface area contributed by atoms with Crippen molar-refractivity contribution >= 4 is 28.4 Å². The van der Waals surface area contributed by atoms with E-state index in [0.29, 0.717) is 30.3 Å². The molecule has 8 nitrogen and oxygen atoms in total. The van der Waals surface area contributed by atoms with Gasteiger partial charge in [0.1, 0.15) is 5.69 Å². The number of anilines is 1. The van der Waals surface area contributed by atoms with Crippen LogP contribution in [0.25, 0.3) is 11.3 Å². The van der Waals surface area contributed by atoms with Gasteiger partial charge in [-0.15, -0.1) is 0 Å². The predicted octanol–water partition coefficient (Wildman–Crippen LogP) is 3.27. The van der Waals surface area contributed by atoms with Crippen molar-refractivity contribution in [1.82, 2.24) is 25.0 Å². The Morgan fingerprint density at radius 1 is 1.20 bits per heavy atom. The van der Waals surface area contributed by atoms with Crippen molar-refractivity contribution in [3.63, 3.8) is 0 Å². The second-order valence-electron chi connectivity index (χ2n) is 7.52. The monoisotopic (exact) mass is 424 g/mol. The van der Waals surface area contributed by atoms with E-state index in [0.717, 1.165) is 21.8 Å². The molecule has 2 N–H and O–H groups in total. The number of urea groups is 1. The Hall–Kier alpha value is -3.20. The lowest BCUT2D eigenvalue weighted by atomic mass is 10.1. The molecule has 0 bridgehead atoms. The number of rotatable bonds is 4. The topological polar surface area (TPSA) is 92.2 Å². The number of amides is 3. The fourth-order valence-corrected chi connectivity index (χ4v) is 4.42. The van der Waals surface area contributed by atoms with Crippen LogP contribution in [0, 0.1) is 0 Å². The quantitative estimate of drug-likeness (QED) is 0.672. The average molecular weight is 425 g/mol. The summed E-state index contributed by atoms with van der Waals surface area (Å²) in [6, 6.07) is 11.4. The van der Waals surface area contributed by atoms with Gasteiger partial charge in [0.2, 0.25) is 0 Å². The minimum atomic E-state index is -0.271. The summed E-state index contributed by atoms with van der Waals surface area (Å²) in [5, 5.41) is 10.6. The molecule has 0 spiro atoms. The molecule has 30 heavy (non-hydrogen) atoms. The highest BCUT2D eigenvalue weighted by Crippen LogP contribution is 2.29. The lowest BCUT2D eigenvalue weighted by molar-refractivity contribution is 0.0725. The highest BCUT2D eigenvalue weighted by molar-refractivity contribution is 7.15. The molecule has 0 fully saturated rings. The van der Waals surface area contributed by atoms with Gasteiger partial charge in [0.25, 0.3) is 5.91 Å². The molecule has 0 radical (unpaired) electrons. The fraction of sp³-hybridized carbons (Fsp3) is 0.333. The van der Waals surface area contributed by atoms with Gasteiger partial charge in [0, 0.05) is 36.5 Å². The molecule has 1 aliphatic rings. The number of nitrogens with zero attached hydrogens (tertiary/aromatic N) is 4. The molecule has 9 heteroatoms. The summed E-state index contributed by atoms with van der Waals surface area (Å²) in [7, 11) is 1.79. The molecule has 0 saturated carbocycles. The highest BCUT2D eigenvalue weighted by Gasteiger charge is 2.27. The van der Waals surface area contributed by atoms with E-state index in [9.17, 15) is 9.59 Å². The van der Waals surface area contributed by atoms with Gasteiger partial charge in [-0.3, -0.25) is 14.8 Å². The summed E-state index contributed by atoms with van der Waals surface area (Å²) < 4.78 is 1.64. The van der Waals surface area contributed by atoms with E-state index in [1.807, 2.05) is 55.1 Å². The number of hydrogen-bond donors (Lipinski definition) is 2. The molecule has 3 aromatic rings. The van der Waals surface area contributed by atoms with Gasteiger partial charge >= 0.3 is 6.03 Å². The van der Waals surface area contributed by atoms with Crippen LogP contribution in [0.1, 0.15) is 34.9 Å². The first-order valence-corrected chi connectivity index (χ1v) is 10.7. The van der Waals surface area contributed by atoms with Crippen LogP contribution in [-0.4, -0.2) is 44.2 Å². The second-order valence-corrected chi connectivity index (χ2v) is 8.61. The summed E-state index contributed by atoms with van der Waals surface area (Å²) in [5.74, 6) is -0.0571. The number of benzene rings is 1. The standard InChI is InChI=1S/C21H24N6O2S/c1-13(2)22-20(29)24-21-23-15-9-10-27(12-18(15)30-21)19(28)17-11-16(25-26(17)3)14-7-5-4-6-8-14/h4-8,11,13H,9-10,12H2,1-3H3,(H2,22,23,24,29). The van der Waals surface area contributed by atoms with E-state index >= 15 is 0 Å². The van der Waals surface area contributed by atoms with Gasteiger partial charge in [-0.2, -0.15) is 5.10 Å². The minimum Gasteiger partial charge on any atom is -0.336 e. The molecular formula is C21H24N6O2S. The van der Waals surface area contributed by atoms with E-state index in [2.05, 4.69) is 20.7 Å². The van der Waals surface area contributed by atoms with Crippen LogP contribution in [0.4, 0.5) is 9.93 Å². The maximum atomic E-state index is 13.2. The van der Waals surface area contributed by atoms with Crippen LogP contribution in [0.5, 0.6) is 0 Å². The first-order valence-electron chi connectivity index (χ1n) is 9.85. The van der Waals surface area contributed by atoms with Gasteiger partial charge in [-0.1, -0.05) is 41.7 Å². The van der Waals surface area contributed by atoms with Crippen molar-refractivity contribution in [2.24, 2.45) is 7.05 Å². The Morgan fingerprint density at radius 2 is 1.97 bits per heavy atom. The summed E-state index contributed by atoms with van der Waals surface area (Å²) in [4.78, 5) is 32.4. The largest absolute Gasteiger partial charge is 0.336 e.